The number of aliphatic hydroxyl groups excluding tert-OH is 5. The molecule has 1 amide bonds. The molecule has 1 rings (SSSR count). The van der Waals surface area contributed by atoms with Gasteiger partial charge in [0.1, 0.15) is 54.6 Å². The molecule has 1 aliphatic rings. The molecule has 0 radical (unpaired) electrons. The van der Waals surface area contributed by atoms with E-state index in [1.54, 1.807) is 0 Å². The van der Waals surface area contributed by atoms with Crippen molar-refractivity contribution in [2.75, 3.05) is 6.61 Å². The van der Waals surface area contributed by atoms with Crippen molar-refractivity contribution in [1.82, 2.24) is 5.32 Å². The monoisotopic (exact) mass is 401 g/mol. The van der Waals surface area contributed by atoms with Gasteiger partial charge in [-0.3, -0.25) is 4.79 Å². The topological polar surface area (TPSA) is 206 Å². The van der Waals surface area contributed by atoms with E-state index in [1.807, 2.05) is 0 Å². The van der Waals surface area contributed by atoms with Gasteiger partial charge in [0.05, 0.1) is 6.61 Å². The maximum absolute atomic E-state index is 11.2. The molecule has 12 nitrogen and oxygen atoms in total. The van der Waals surface area contributed by atoms with Crippen molar-refractivity contribution < 1.29 is 84.1 Å². The number of hydrogen-bond donors (Lipinski definition) is 6. The van der Waals surface area contributed by atoms with Gasteiger partial charge in [0.15, 0.2) is 0 Å². The van der Waals surface area contributed by atoms with Crippen LogP contribution in [0.4, 0.5) is 0 Å². The predicted octanol–water partition coefficient (Wildman–Crippen LogP) is -8.49. The van der Waals surface area contributed by atoms with Crippen molar-refractivity contribution in [3.63, 3.8) is 0 Å². The number of aliphatic carboxylic acids is 1. The molecule has 0 saturated carbocycles. The number of hydrogen-bond acceptors (Lipinski definition) is 11. The summed E-state index contributed by atoms with van der Waals surface area (Å²) in [5.74, 6) is -3.40. The van der Waals surface area contributed by atoms with Crippen LogP contribution in [-0.4, -0.2) is 93.2 Å². The maximum atomic E-state index is 11.2. The Balaban J connectivity index is 0.00000676. The average Bonchev–Trinajstić information content (AvgIpc) is 2.59. The summed E-state index contributed by atoms with van der Waals surface area (Å²) in [5.41, 5.74) is 0. The van der Waals surface area contributed by atoms with Gasteiger partial charge in [0.2, 0.25) is 12.2 Å². The van der Waals surface area contributed by atoms with E-state index in [1.165, 1.54) is 0 Å². The summed E-state index contributed by atoms with van der Waals surface area (Å²) in [6, 6.07) is -1.56. The van der Waals surface area contributed by atoms with Gasteiger partial charge < -0.3 is 55.0 Å². The second-order valence-electron chi connectivity index (χ2n) is 5.49. The van der Waals surface area contributed by atoms with Crippen LogP contribution < -0.4 is 40.0 Å². The largest absolute Gasteiger partial charge is 1.00 e. The third-order valence-corrected chi connectivity index (χ3v) is 3.47. The summed E-state index contributed by atoms with van der Waals surface area (Å²) in [5, 5.41) is 61.1. The van der Waals surface area contributed by atoms with E-state index >= 15 is 0 Å². The van der Waals surface area contributed by atoms with Gasteiger partial charge in [0, 0.05) is 6.92 Å². The molecule has 6 N–H and O–H groups in total. The Hall–Kier alpha value is -1.09. The molecule has 0 bridgehead atoms. The first-order valence-electron chi connectivity index (χ1n) is 7.43. The number of carbonyl (C=O) groups excluding carboxylic acids is 3. The molecule has 13 heteroatoms. The van der Waals surface area contributed by atoms with Crippen LogP contribution >= 0.6 is 0 Å². The van der Waals surface area contributed by atoms with Crippen LogP contribution in [0.25, 0.3) is 0 Å². The number of aldehydes is 1. The average molecular weight is 401 g/mol. The zero-order valence-corrected chi connectivity index (χ0v) is 16.6. The SMILES string of the molecule is CC(=O)N[C@@H](C=O)[C@@H](O[C@@H]1OC(C(=O)[O-])=C[C@H](O)[C@H]1O)[C@H](O)[C@H](O)CO.[Na+]. The number of carboxylic acid groups (broad SMARTS) is 1. The molecule has 148 valence electrons. The number of ether oxygens (including phenoxy) is 2. The molecule has 0 aromatic heterocycles. The Kier molecular flexibility index (Phi) is 11.2. The molecule has 7 atom stereocenters. The molecule has 0 aromatic rings. The van der Waals surface area contributed by atoms with Gasteiger partial charge in [-0.2, -0.15) is 0 Å². The number of nitrogens with one attached hydrogen (secondary N) is 1. The van der Waals surface area contributed by atoms with E-state index in [0.29, 0.717) is 6.08 Å². The van der Waals surface area contributed by atoms with Crippen LogP contribution in [0.1, 0.15) is 6.92 Å². The number of carbonyl (C=O) groups is 3. The third-order valence-electron chi connectivity index (χ3n) is 3.47. The number of rotatable bonds is 9. The van der Waals surface area contributed by atoms with Crippen molar-refractivity contribution in [3.05, 3.63) is 11.8 Å². The van der Waals surface area contributed by atoms with Gasteiger partial charge in [-0.15, -0.1) is 0 Å². The summed E-state index contributed by atoms with van der Waals surface area (Å²) < 4.78 is 9.97. The first kappa shape index (κ1) is 25.9. The fourth-order valence-electron chi connectivity index (χ4n) is 2.16. The van der Waals surface area contributed by atoms with Crippen molar-refractivity contribution in [2.24, 2.45) is 0 Å². The molecule has 1 aliphatic heterocycles. The first-order chi connectivity index (χ1) is 12.1. The van der Waals surface area contributed by atoms with E-state index in [4.69, 9.17) is 14.6 Å². The van der Waals surface area contributed by atoms with E-state index in [2.05, 4.69) is 5.32 Å². The number of aliphatic hydroxyl groups is 5. The second-order valence-corrected chi connectivity index (χ2v) is 5.49. The maximum Gasteiger partial charge on any atom is 1.00 e. The summed E-state index contributed by atoms with van der Waals surface area (Å²) in [6.07, 6.45) is -10.2. The van der Waals surface area contributed by atoms with E-state index in [0.717, 1.165) is 6.92 Å². The van der Waals surface area contributed by atoms with Gasteiger partial charge >= 0.3 is 29.6 Å². The van der Waals surface area contributed by atoms with Crippen molar-refractivity contribution in [1.29, 1.82) is 0 Å². The summed E-state index contributed by atoms with van der Waals surface area (Å²) in [6.45, 7) is 0.114. The van der Waals surface area contributed by atoms with Crippen LogP contribution in [0.5, 0.6) is 0 Å². The number of carboxylic acids is 1. The Bertz CT molecular complexity index is 557. The van der Waals surface area contributed by atoms with E-state index < -0.39 is 67.1 Å². The standard InChI is InChI=1S/C14H21NO11.Na/c1-5(18)15-6(3-16)12(10(21)8(20)4-17)26-14-11(22)7(19)2-9(25-14)13(23)24;/h2-3,6-8,10-12,14,17,19-22H,4H2,1H3,(H,15,18)(H,23,24);/q;+1/p-1/t6-,7-,8+,10+,11+,12+,14-;/m0./s1. The zero-order valence-electron chi connectivity index (χ0n) is 14.6. The van der Waals surface area contributed by atoms with Gasteiger partial charge in [-0.05, 0) is 6.08 Å². The summed E-state index contributed by atoms with van der Waals surface area (Å²) in [7, 11) is 0. The minimum absolute atomic E-state index is 0. The third kappa shape index (κ3) is 7.10. The molecule has 27 heavy (non-hydrogen) atoms. The van der Waals surface area contributed by atoms with Gasteiger partial charge in [0.25, 0.3) is 0 Å². The Morgan fingerprint density at radius 3 is 2.44 bits per heavy atom. The summed E-state index contributed by atoms with van der Waals surface area (Å²) >= 11 is 0. The van der Waals surface area contributed by atoms with Crippen LogP contribution in [-0.2, 0) is 23.9 Å². The van der Waals surface area contributed by atoms with E-state index in [9.17, 15) is 39.9 Å². The molecular formula is C14H20NNaO11. The quantitative estimate of drug-likeness (QED) is 0.158. The summed E-state index contributed by atoms with van der Waals surface area (Å²) in [4.78, 5) is 33.3. The minimum atomic E-state index is -1.95. The second kappa shape index (κ2) is 11.7. The van der Waals surface area contributed by atoms with Crippen LogP contribution in [0.2, 0.25) is 0 Å². The molecule has 0 aromatic carbocycles. The van der Waals surface area contributed by atoms with Gasteiger partial charge in [-0.1, -0.05) is 0 Å². The minimum Gasteiger partial charge on any atom is -0.542 e. The smallest absolute Gasteiger partial charge is 0.542 e. The Morgan fingerprint density at radius 2 is 2.00 bits per heavy atom. The van der Waals surface area contributed by atoms with Crippen molar-refractivity contribution >= 4 is 18.2 Å². The predicted molar refractivity (Wildman–Crippen MR) is 77.6 cm³/mol. The van der Waals surface area contributed by atoms with E-state index in [-0.39, 0.29) is 35.8 Å². The number of amides is 1. The fourth-order valence-corrected chi connectivity index (χ4v) is 2.16. The zero-order chi connectivity index (χ0) is 20.0. The first-order valence-corrected chi connectivity index (χ1v) is 7.43. The molecule has 0 spiro atoms. The normalized spacial score (nSPS) is 26.3. The van der Waals surface area contributed by atoms with Crippen LogP contribution in [0.3, 0.4) is 0 Å². The molecule has 1 heterocycles. The Morgan fingerprint density at radius 1 is 1.41 bits per heavy atom. The van der Waals surface area contributed by atoms with Crippen molar-refractivity contribution in [3.8, 4) is 0 Å². The van der Waals surface area contributed by atoms with Crippen LogP contribution in [0.15, 0.2) is 11.8 Å². The molecule has 0 fully saturated rings. The molecule has 0 saturated heterocycles. The fraction of sp³-hybridized carbons (Fsp3) is 0.643. The Labute approximate surface area is 175 Å². The molecule has 0 unspecified atom stereocenters. The van der Waals surface area contributed by atoms with Crippen LogP contribution in [0, 0.1) is 0 Å². The van der Waals surface area contributed by atoms with Gasteiger partial charge in [-0.25, -0.2) is 0 Å². The van der Waals surface area contributed by atoms with Crippen molar-refractivity contribution in [2.45, 2.75) is 49.8 Å². The molecular weight excluding hydrogens is 381 g/mol. The molecule has 0 aliphatic carbocycles.